The molecule has 2 aliphatic rings. The molecule has 0 aliphatic carbocycles. The van der Waals surface area contributed by atoms with Gasteiger partial charge >= 0.3 is 0 Å². The first kappa shape index (κ1) is 20.9. The summed E-state index contributed by atoms with van der Waals surface area (Å²) in [4.78, 5) is 22.1. The van der Waals surface area contributed by atoms with Gasteiger partial charge in [-0.3, -0.25) is 9.69 Å². The van der Waals surface area contributed by atoms with E-state index >= 15 is 0 Å². The zero-order valence-corrected chi connectivity index (χ0v) is 18.1. The first-order valence-corrected chi connectivity index (χ1v) is 11.5. The lowest BCUT2D eigenvalue weighted by Gasteiger charge is -2.35. The molecule has 1 atom stereocenters. The van der Waals surface area contributed by atoms with Crippen LogP contribution < -0.4 is 10.2 Å². The molecule has 1 unspecified atom stereocenters. The second-order valence-electron chi connectivity index (χ2n) is 8.62. The molecule has 1 aromatic heterocycles. The van der Waals surface area contributed by atoms with Crippen LogP contribution in [0.4, 0.5) is 11.5 Å². The minimum atomic E-state index is -0.321. The third-order valence-electron chi connectivity index (χ3n) is 6.90. The van der Waals surface area contributed by atoms with Crippen LogP contribution in [0.3, 0.4) is 0 Å². The minimum Gasteiger partial charge on any atom is -0.354 e. The molecule has 0 saturated carbocycles. The van der Waals surface area contributed by atoms with Gasteiger partial charge in [-0.25, -0.2) is 4.98 Å². The van der Waals surface area contributed by atoms with E-state index in [9.17, 15) is 4.79 Å². The molecule has 160 valence electrons. The third-order valence-corrected chi connectivity index (χ3v) is 6.90. The number of carbonyl (C=O) groups excluding carboxylic acids is 1. The highest BCUT2D eigenvalue weighted by atomic mass is 16.2. The van der Waals surface area contributed by atoms with Crippen molar-refractivity contribution >= 4 is 17.4 Å². The second kappa shape index (κ2) is 9.61. The Balaban J connectivity index is 1.16. The molecular weight excluding hydrogens is 372 g/mol. The topological polar surface area (TPSA) is 48.5 Å². The predicted molar refractivity (Wildman–Crippen MR) is 123 cm³/mol. The average Bonchev–Trinajstić information content (AvgIpc) is 3.08. The van der Waals surface area contributed by atoms with Crippen molar-refractivity contribution in [2.75, 3.05) is 42.9 Å². The van der Waals surface area contributed by atoms with Gasteiger partial charge in [-0.05, 0) is 49.6 Å². The summed E-state index contributed by atoms with van der Waals surface area (Å²) in [6.07, 6.45) is 8.49. The van der Waals surface area contributed by atoms with Crippen molar-refractivity contribution in [1.29, 1.82) is 0 Å². The quantitative estimate of drug-likeness (QED) is 0.625. The van der Waals surface area contributed by atoms with E-state index in [1.165, 1.54) is 31.4 Å². The van der Waals surface area contributed by atoms with E-state index in [0.29, 0.717) is 0 Å². The Morgan fingerprint density at radius 2 is 1.73 bits per heavy atom. The number of aromatic nitrogens is 1. The van der Waals surface area contributed by atoms with Crippen molar-refractivity contribution in [3.63, 3.8) is 0 Å². The lowest BCUT2D eigenvalue weighted by Crippen LogP contribution is -2.46. The van der Waals surface area contributed by atoms with Crippen molar-refractivity contribution in [3.8, 4) is 0 Å². The van der Waals surface area contributed by atoms with Crippen molar-refractivity contribution in [2.45, 2.75) is 50.9 Å². The summed E-state index contributed by atoms with van der Waals surface area (Å²) in [6, 6.07) is 14.3. The molecule has 1 saturated heterocycles. The number of hydrogen-bond acceptors (Lipinski definition) is 4. The van der Waals surface area contributed by atoms with Crippen LogP contribution in [0.2, 0.25) is 0 Å². The molecular formula is C25H34N4O. The molecule has 2 aromatic rings. The van der Waals surface area contributed by atoms with Gasteiger partial charge in [-0.15, -0.1) is 0 Å². The van der Waals surface area contributed by atoms with E-state index in [0.717, 1.165) is 56.9 Å². The van der Waals surface area contributed by atoms with Crippen LogP contribution in [-0.2, 0) is 10.2 Å². The number of rotatable bonds is 9. The maximum Gasteiger partial charge on any atom is 0.235 e. The molecule has 1 aromatic carbocycles. The highest BCUT2D eigenvalue weighted by Crippen LogP contribution is 2.43. The second-order valence-corrected chi connectivity index (χ2v) is 8.62. The van der Waals surface area contributed by atoms with Gasteiger partial charge < -0.3 is 10.2 Å². The maximum absolute atomic E-state index is 12.7. The Morgan fingerprint density at radius 1 is 0.967 bits per heavy atom. The third kappa shape index (κ3) is 4.36. The summed E-state index contributed by atoms with van der Waals surface area (Å²) >= 11 is 0. The molecule has 1 fully saturated rings. The number of amides is 1. The Bertz CT molecular complexity index is 832. The zero-order chi connectivity index (χ0) is 20.8. The standard InChI is InChI=1S/C25H34N4O/c1-2-25(21-11-5-6-12-22(21)27-24(25)30)14-8-3-4-10-16-28-17-19-29(20-18-28)23-13-7-9-15-26-23/h5-7,9,11-13,15H,2-4,8,10,14,16-20H2,1H3,(H,27,30). The van der Waals surface area contributed by atoms with Crippen molar-refractivity contribution in [3.05, 3.63) is 54.2 Å². The number of piperazine rings is 1. The Hall–Kier alpha value is -2.40. The summed E-state index contributed by atoms with van der Waals surface area (Å²) in [6.45, 7) is 7.68. The first-order chi connectivity index (χ1) is 14.7. The van der Waals surface area contributed by atoms with E-state index in [1.807, 2.05) is 24.4 Å². The number of fused-ring (bicyclic) bond motifs is 1. The molecule has 3 heterocycles. The number of para-hydroxylation sites is 1. The molecule has 30 heavy (non-hydrogen) atoms. The summed E-state index contributed by atoms with van der Waals surface area (Å²) in [7, 11) is 0. The number of unbranched alkanes of at least 4 members (excludes halogenated alkanes) is 3. The first-order valence-electron chi connectivity index (χ1n) is 11.5. The molecule has 4 rings (SSSR count). The number of benzene rings is 1. The molecule has 0 spiro atoms. The largest absolute Gasteiger partial charge is 0.354 e. The Labute approximate surface area is 180 Å². The van der Waals surface area contributed by atoms with E-state index < -0.39 is 0 Å². The lowest BCUT2D eigenvalue weighted by molar-refractivity contribution is -0.121. The van der Waals surface area contributed by atoms with E-state index in [4.69, 9.17) is 0 Å². The van der Waals surface area contributed by atoms with Gasteiger partial charge in [-0.1, -0.05) is 50.5 Å². The van der Waals surface area contributed by atoms with Crippen LogP contribution in [0.15, 0.2) is 48.7 Å². The number of pyridine rings is 1. The van der Waals surface area contributed by atoms with E-state index in [1.54, 1.807) is 0 Å². The van der Waals surface area contributed by atoms with Crippen LogP contribution in [0.5, 0.6) is 0 Å². The molecule has 5 heteroatoms. The minimum absolute atomic E-state index is 0.192. The fraction of sp³-hybridized carbons (Fsp3) is 0.520. The fourth-order valence-corrected chi connectivity index (χ4v) is 5.01. The molecule has 0 radical (unpaired) electrons. The zero-order valence-electron chi connectivity index (χ0n) is 18.1. The Kier molecular flexibility index (Phi) is 6.68. The van der Waals surface area contributed by atoms with Crippen LogP contribution in [0, 0.1) is 0 Å². The summed E-state index contributed by atoms with van der Waals surface area (Å²) in [5, 5.41) is 3.10. The normalized spacial score (nSPS) is 21.5. The molecule has 2 aliphatic heterocycles. The number of nitrogens with zero attached hydrogens (tertiary/aromatic N) is 3. The summed E-state index contributed by atoms with van der Waals surface area (Å²) in [5.41, 5.74) is 1.88. The summed E-state index contributed by atoms with van der Waals surface area (Å²) in [5.74, 6) is 1.29. The van der Waals surface area contributed by atoms with Gasteiger partial charge in [0.05, 0.1) is 5.41 Å². The van der Waals surface area contributed by atoms with Crippen LogP contribution in [0.25, 0.3) is 0 Å². The number of carbonyl (C=O) groups is 1. The van der Waals surface area contributed by atoms with E-state index in [-0.39, 0.29) is 11.3 Å². The van der Waals surface area contributed by atoms with Crippen LogP contribution in [-0.4, -0.2) is 48.5 Å². The molecule has 1 N–H and O–H groups in total. The van der Waals surface area contributed by atoms with Crippen LogP contribution in [0.1, 0.15) is 51.0 Å². The number of anilines is 2. The predicted octanol–water partition coefficient (Wildman–Crippen LogP) is 4.45. The van der Waals surface area contributed by atoms with Gasteiger partial charge in [0.1, 0.15) is 5.82 Å². The smallest absolute Gasteiger partial charge is 0.235 e. The highest BCUT2D eigenvalue weighted by Gasteiger charge is 2.44. The summed E-state index contributed by atoms with van der Waals surface area (Å²) < 4.78 is 0. The van der Waals surface area contributed by atoms with Crippen molar-refractivity contribution in [1.82, 2.24) is 9.88 Å². The van der Waals surface area contributed by atoms with Gasteiger partial charge in [0, 0.05) is 38.1 Å². The highest BCUT2D eigenvalue weighted by molar-refractivity contribution is 6.06. The fourth-order valence-electron chi connectivity index (χ4n) is 5.01. The van der Waals surface area contributed by atoms with Crippen LogP contribution >= 0.6 is 0 Å². The van der Waals surface area contributed by atoms with Gasteiger partial charge in [0.2, 0.25) is 5.91 Å². The van der Waals surface area contributed by atoms with E-state index in [2.05, 4.69) is 51.3 Å². The lowest BCUT2D eigenvalue weighted by atomic mass is 9.75. The van der Waals surface area contributed by atoms with Crippen molar-refractivity contribution < 1.29 is 4.79 Å². The average molecular weight is 407 g/mol. The molecule has 5 nitrogen and oxygen atoms in total. The maximum atomic E-state index is 12.7. The van der Waals surface area contributed by atoms with Gasteiger partial charge in [0.15, 0.2) is 0 Å². The van der Waals surface area contributed by atoms with Gasteiger partial charge in [-0.2, -0.15) is 0 Å². The SMILES string of the molecule is CCC1(CCCCCCN2CCN(c3ccccn3)CC2)C(=O)Nc2ccccc21. The number of nitrogens with one attached hydrogen (secondary N) is 1. The molecule has 0 bridgehead atoms. The number of hydrogen-bond donors (Lipinski definition) is 1. The van der Waals surface area contributed by atoms with Gasteiger partial charge in [0.25, 0.3) is 0 Å². The Morgan fingerprint density at radius 3 is 2.50 bits per heavy atom. The monoisotopic (exact) mass is 406 g/mol. The molecule has 1 amide bonds. The van der Waals surface area contributed by atoms with Crippen molar-refractivity contribution in [2.24, 2.45) is 0 Å².